The number of fused-ring (bicyclic) bond motifs is 1. The fourth-order valence-corrected chi connectivity index (χ4v) is 3.16. The molecule has 1 aromatic heterocycles. The molecule has 1 aliphatic rings. The number of hydrogen-bond acceptors (Lipinski definition) is 2. The van der Waals surface area contributed by atoms with Crippen LogP contribution in [0.4, 0.5) is 0 Å². The molecule has 1 aromatic rings. The topological polar surface area (TPSA) is 44.9 Å². The molecule has 0 bridgehead atoms. The van der Waals surface area contributed by atoms with Crippen LogP contribution in [0.3, 0.4) is 0 Å². The second-order valence-electron chi connectivity index (χ2n) is 6.03. The molecule has 0 saturated heterocycles. The second kappa shape index (κ2) is 7.63. The Kier molecular flexibility index (Phi) is 5.84. The molecule has 0 amide bonds. The molecule has 2 N–H and O–H groups in total. The predicted molar refractivity (Wildman–Crippen MR) is 84.1 cm³/mol. The maximum atomic E-state index is 11.4. The highest BCUT2D eigenvalue weighted by Crippen LogP contribution is 2.27. The summed E-state index contributed by atoms with van der Waals surface area (Å²) in [5, 5.41) is 3.74. The number of pyridine rings is 1. The lowest BCUT2D eigenvalue weighted by molar-refractivity contribution is 0.369. The molecule has 0 aromatic carbocycles. The molecule has 0 aliphatic heterocycles. The van der Waals surface area contributed by atoms with Gasteiger partial charge in [-0.2, -0.15) is 0 Å². The van der Waals surface area contributed by atoms with Gasteiger partial charge in [0.25, 0.3) is 0 Å². The molecule has 1 aliphatic carbocycles. The average molecular weight is 276 g/mol. The monoisotopic (exact) mass is 276 g/mol. The maximum absolute atomic E-state index is 11.4. The lowest BCUT2D eigenvalue weighted by Crippen LogP contribution is -2.31. The van der Waals surface area contributed by atoms with E-state index in [4.69, 9.17) is 0 Å². The van der Waals surface area contributed by atoms with E-state index in [2.05, 4.69) is 24.1 Å². The van der Waals surface area contributed by atoms with Crippen LogP contribution in [0.15, 0.2) is 16.9 Å². The maximum Gasteiger partial charge on any atom is 0.248 e. The van der Waals surface area contributed by atoms with E-state index in [1.165, 1.54) is 37.7 Å². The lowest BCUT2D eigenvalue weighted by Gasteiger charge is -2.28. The Morgan fingerprint density at radius 3 is 3.00 bits per heavy atom. The van der Waals surface area contributed by atoms with Crippen LogP contribution < -0.4 is 10.9 Å². The Labute approximate surface area is 122 Å². The number of hydrogen-bond donors (Lipinski definition) is 2. The molecule has 2 unspecified atom stereocenters. The highest BCUT2D eigenvalue weighted by Gasteiger charge is 2.21. The first kappa shape index (κ1) is 15.3. The number of aromatic amines is 1. The number of aromatic nitrogens is 1. The van der Waals surface area contributed by atoms with Crippen molar-refractivity contribution < 1.29 is 0 Å². The number of nitrogens with one attached hydrogen (secondary N) is 2. The van der Waals surface area contributed by atoms with Crippen LogP contribution in [-0.2, 0) is 6.42 Å². The summed E-state index contributed by atoms with van der Waals surface area (Å²) >= 11 is 0. The largest absolute Gasteiger partial charge is 0.326 e. The lowest BCUT2D eigenvalue weighted by atomic mass is 9.90. The van der Waals surface area contributed by atoms with E-state index in [1.807, 2.05) is 6.07 Å². The first-order chi connectivity index (χ1) is 9.74. The minimum absolute atomic E-state index is 0.0266. The van der Waals surface area contributed by atoms with E-state index >= 15 is 0 Å². The molecule has 0 radical (unpaired) electrons. The Bertz CT molecular complexity index is 466. The zero-order valence-electron chi connectivity index (χ0n) is 12.9. The molecule has 1 heterocycles. The Hall–Kier alpha value is -1.09. The molecule has 2 rings (SSSR count). The van der Waals surface area contributed by atoms with Gasteiger partial charge in [-0.3, -0.25) is 4.79 Å². The zero-order chi connectivity index (χ0) is 14.4. The van der Waals surface area contributed by atoms with Crippen LogP contribution in [0.25, 0.3) is 0 Å². The van der Waals surface area contributed by atoms with Crippen LogP contribution >= 0.6 is 0 Å². The summed E-state index contributed by atoms with van der Waals surface area (Å²) in [6.45, 7) is 5.64. The first-order valence-electron chi connectivity index (χ1n) is 8.20. The Morgan fingerprint density at radius 2 is 2.25 bits per heavy atom. The highest BCUT2D eigenvalue weighted by molar-refractivity contribution is 5.26. The minimum Gasteiger partial charge on any atom is -0.326 e. The summed E-state index contributed by atoms with van der Waals surface area (Å²) in [5.74, 6) is 0.781. The van der Waals surface area contributed by atoms with Crippen LogP contribution in [0, 0.1) is 5.92 Å². The molecule has 3 nitrogen and oxygen atoms in total. The van der Waals surface area contributed by atoms with Crippen LogP contribution in [-0.4, -0.2) is 11.5 Å². The van der Waals surface area contributed by atoms with E-state index in [9.17, 15) is 4.79 Å². The number of H-pyrrole nitrogens is 1. The molecule has 2 atom stereocenters. The summed E-state index contributed by atoms with van der Waals surface area (Å²) < 4.78 is 0. The molecular weight excluding hydrogens is 248 g/mol. The summed E-state index contributed by atoms with van der Waals surface area (Å²) in [7, 11) is 0. The van der Waals surface area contributed by atoms with Gasteiger partial charge in [-0.05, 0) is 43.7 Å². The normalized spacial score (nSPS) is 19.6. The third-order valence-corrected chi connectivity index (χ3v) is 4.53. The predicted octanol–water partition coefficient (Wildman–Crippen LogP) is 3.56. The number of unbranched alkanes of at least 4 members (excludes halogenated alkanes) is 1. The van der Waals surface area contributed by atoms with E-state index in [0.717, 1.165) is 31.0 Å². The van der Waals surface area contributed by atoms with Gasteiger partial charge in [0, 0.05) is 17.8 Å². The quantitative estimate of drug-likeness (QED) is 0.800. The van der Waals surface area contributed by atoms with Gasteiger partial charge in [-0.25, -0.2) is 0 Å². The van der Waals surface area contributed by atoms with Crippen LogP contribution in [0.1, 0.15) is 69.7 Å². The van der Waals surface area contributed by atoms with Crippen molar-refractivity contribution in [2.45, 2.75) is 64.8 Å². The summed E-state index contributed by atoms with van der Waals surface area (Å²) in [6, 6.07) is 4.09. The van der Waals surface area contributed by atoms with Gasteiger partial charge in [0.05, 0.1) is 0 Å². The molecule has 20 heavy (non-hydrogen) atoms. The van der Waals surface area contributed by atoms with Gasteiger partial charge in [-0.15, -0.1) is 0 Å². The van der Waals surface area contributed by atoms with Gasteiger partial charge in [-0.1, -0.05) is 39.2 Å². The number of aryl methyl sites for hydroxylation is 1. The van der Waals surface area contributed by atoms with Crippen molar-refractivity contribution >= 4 is 0 Å². The van der Waals surface area contributed by atoms with Gasteiger partial charge < -0.3 is 10.3 Å². The van der Waals surface area contributed by atoms with Crippen molar-refractivity contribution in [2.75, 3.05) is 6.54 Å². The van der Waals surface area contributed by atoms with E-state index in [1.54, 1.807) is 6.07 Å². The van der Waals surface area contributed by atoms with Gasteiger partial charge in [0.15, 0.2) is 0 Å². The van der Waals surface area contributed by atoms with E-state index in [0.29, 0.717) is 6.04 Å². The molecular formula is C17H28N2O. The third kappa shape index (κ3) is 3.95. The van der Waals surface area contributed by atoms with E-state index in [-0.39, 0.29) is 5.56 Å². The van der Waals surface area contributed by atoms with Crippen molar-refractivity contribution in [3.63, 3.8) is 0 Å². The minimum atomic E-state index is 0.0266. The molecule has 0 saturated carbocycles. The van der Waals surface area contributed by atoms with Gasteiger partial charge in [0.1, 0.15) is 0 Å². The third-order valence-electron chi connectivity index (χ3n) is 4.53. The van der Waals surface area contributed by atoms with Crippen LogP contribution in [0.5, 0.6) is 0 Å². The summed E-state index contributed by atoms with van der Waals surface area (Å²) in [4.78, 5) is 14.4. The summed E-state index contributed by atoms with van der Waals surface area (Å²) in [5.41, 5.74) is 2.47. The van der Waals surface area contributed by atoms with Crippen molar-refractivity contribution in [2.24, 2.45) is 5.92 Å². The standard InChI is InChI=1S/C17H28N2O/c1-3-5-7-13(4-2)12-18-15-8-6-9-16-14(15)10-11-17(20)19-16/h10-11,13,15,18H,3-9,12H2,1-2H3,(H,19,20). The fourth-order valence-electron chi connectivity index (χ4n) is 3.16. The summed E-state index contributed by atoms with van der Waals surface area (Å²) in [6.07, 6.45) is 8.54. The molecule has 0 spiro atoms. The van der Waals surface area contributed by atoms with Crippen molar-refractivity contribution in [3.05, 3.63) is 33.7 Å². The SMILES string of the molecule is CCCCC(CC)CNC1CCCc2[nH]c(=O)ccc21. The van der Waals surface area contributed by atoms with Crippen molar-refractivity contribution in [3.8, 4) is 0 Å². The van der Waals surface area contributed by atoms with Crippen molar-refractivity contribution in [1.29, 1.82) is 0 Å². The van der Waals surface area contributed by atoms with Gasteiger partial charge >= 0.3 is 0 Å². The first-order valence-corrected chi connectivity index (χ1v) is 8.20. The second-order valence-corrected chi connectivity index (χ2v) is 6.03. The van der Waals surface area contributed by atoms with Gasteiger partial charge in [0.2, 0.25) is 5.56 Å². The molecule has 0 fully saturated rings. The fraction of sp³-hybridized carbons (Fsp3) is 0.706. The Balaban J connectivity index is 1.96. The van der Waals surface area contributed by atoms with Crippen LogP contribution in [0.2, 0.25) is 0 Å². The van der Waals surface area contributed by atoms with E-state index < -0.39 is 0 Å². The molecule has 3 heteroatoms. The molecule has 112 valence electrons. The van der Waals surface area contributed by atoms with Crippen molar-refractivity contribution in [1.82, 2.24) is 10.3 Å². The average Bonchev–Trinajstić information content (AvgIpc) is 2.47. The zero-order valence-corrected chi connectivity index (χ0v) is 12.9. The smallest absolute Gasteiger partial charge is 0.248 e. The Morgan fingerprint density at radius 1 is 1.40 bits per heavy atom. The number of rotatable bonds is 7. The highest BCUT2D eigenvalue weighted by atomic mass is 16.1.